The summed E-state index contributed by atoms with van der Waals surface area (Å²) in [5.74, 6) is 0.499. The van der Waals surface area contributed by atoms with Gasteiger partial charge in [0.1, 0.15) is 25.0 Å². The molecule has 0 fully saturated rings. The molecule has 0 bridgehead atoms. The third-order valence-corrected chi connectivity index (χ3v) is 3.39. The highest BCUT2D eigenvalue weighted by Crippen LogP contribution is 1.92. The number of hydrogen-bond donors (Lipinski definition) is 3. The Bertz CT molecular complexity index is 349. The highest BCUT2D eigenvalue weighted by Gasteiger charge is 2.09. The molecule has 0 saturated heterocycles. The molecule has 0 radical (unpaired) electrons. The van der Waals surface area contributed by atoms with E-state index in [1.807, 2.05) is 23.3 Å². The van der Waals surface area contributed by atoms with Crippen LogP contribution in [0.5, 0.6) is 0 Å². The normalized spacial score (nSPS) is 14.5. The lowest BCUT2D eigenvalue weighted by molar-refractivity contribution is -0.702. The largest absolute Gasteiger partial charge is 0.391 e. The molecule has 0 aromatic carbocycles. The lowest BCUT2D eigenvalue weighted by atomic mass is 10.3. The van der Waals surface area contributed by atoms with Crippen LogP contribution in [0.15, 0.2) is 18.7 Å². The van der Waals surface area contributed by atoms with E-state index in [9.17, 15) is 10.2 Å². The highest BCUT2D eigenvalue weighted by atomic mass is 35.5. The molecule has 0 amide bonds. The van der Waals surface area contributed by atoms with Crippen molar-refractivity contribution in [3.8, 4) is 0 Å². The minimum Gasteiger partial charge on any atom is -0.391 e. The third-order valence-electron chi connectivity index (χ3n) is 2.67. The molecule has 5 nitrogen and oxygen atoms in total. The molecule has 110 valence electrons. The van der Waals surface area contributed by atoms with Crippen LogP contribution in [0.25, 0.3) is 0 Å². The van der Waals surface area contributed by atoms with Crippen molar-refractivity contribution >= 4 is 23.2 Å². The molecule has 2 unspecified atom stereocenters. The molecule has 0 saturated carbocycles. The summed E-state index contributed by atoms with van der Waals surface area (Å²) in [5, 5.41) is 21.8. The van der Waals surface area contributed by atoms with E-state index in [0.717, 1.165) is 19.5 Å². The number of halogens is 2. The molecule has 2 atom stereocenters. The smallest absolute Gasteiger partial charge is 0.243 e. The second-order valence-electron chi connectivity index (χ2n) is 4.52. The fraction of sp³-hybridized carbons (Fsp3) is 0.750. The standard InChI is InChI=1S/C12H22Cl2N3O2/c13-6-11(18)8-15-2-1-3-16-4-5-17(10-16)9-12(19)7-14/h4-5,10-12,15,18-19H,1-3,6-9H2/q+1. The first-order valence-electron chi connectivity index (χ1n) is 6.39. The van der Waals surface area contributed by atoms with Gasteiger partial charge < -0.3 is 15.5 Å². The van der Waals surface area contributed by atoms with Crippen LogP contribution in [0.2, 0.25) is 0 Å². The number of aliphatic hydroxyl groups excluding tert-OH is 2. The van der Waals surface area contributed by atoms with Crippen molar-refractivity contribution in [3.05, 3.63) is 18.7 Å². The van der Waals surface area contributed by atoms with Crippen molar-refractivity contribution in [2.75, 3.05) is 24.8 Å². The molecule has 1 rings (SSSR count). The molecule has 0 aliphatic heterocycles. The van der Waals surface area contributed by atoms with Crippen molar-refractivity contribution in [1.29, 1.82) is 0 Å². The molecule has 3 N–H and O–H groups in total. The maximum Gasteiger partial charge on any atom is 0.243 e. The zero-order chi connectivity index (χ0) is 14.1. The summed E-state index contributed by atoms with van der Waals surface area (Å²) < 4.78 is 3.97. The van der Waals surface area contributed by atoms with E-state index in [4.69, 9.17) is 23.2 Å². The van der Waals surface area contributed by atoms with Crippen LogP contribution in [0, 0.1) is 0 Å². The summed E-state index contributed by atoms with van der Waals surface area (Å²) >= 11 is 11.0. The van der Waals surface area contributed by atoms with E-state index in [1.54, 1.807) is 0 Å². The van der Waals surface area contributed by atoms with Gasteiger partial charge in [-0.05, 0) is 13.0 Å². The minimum absolute atomic E-state index is 0.241. The maximum absolute atomic E-state index is 9.44. The molecule has 7 heteroatoms. The van der Waals surface area contributed by atoms with Crippen LogP contribution in [-0.2, 0) is 13.1 Å². The van der Waals surface area contributed by atoms with E-state index in [2.05, 4.69) is 9.88 Å². The van der Waals surface area contributed by atoms with Gasteiger partial charge in [0.05, 0.1) is 18.5 Å². The summed E-state index contributed by atoms with van der Waals surface area (Å²) in [4.78, 5) is 0. The fourth-order valence-corrected chi connectivity index (χ4v) is 1.89. The Balaban J connectivity index is 2.16. The van der Waals surface area contributed by atoms with Crippen LogP contribution in [0.3, 0.4) is 0 Å². The number of aliphatic hydroxyl groups is 2. The lowest BCUT2D eigenvalue weighted by Crippen LogP contribution is -2.38. The molecule has 1 heterocycles. The molecule has 0 aliphatic rings. The molecule has 0 aliphatic carbocycles. The van der Waals surface area contributed by atoms with E-state index in [1.165, 1.54) is 0 Å². The summed E-state index contributed by atoms with van der Waals surface area (Å²) in [5.41, 5.74) is 0. The summed E-state index contributed by atoms with van der Waals surface area (Å²) in [6.07, 6.45) is 5.80. The number of imidazole rings is 1. The summed E-state index contributed by atoms with van der Waals surface area (Å²) in [6.45, 7) is 2.75. The first kappa shape index (κ1) is 16.7. The van der Waals surface area contributed by atoms with E-state index >= 15 is 0 Å². The maximum atomic E-state index is 9.44. The van der Waals surface area contributed by atoms with Crippen molar-refractivity contribution in [1.82, 2.24) is 9.88 Å². The number of aromatic nitrogens is 2. The van der Waals surface area contributed by atoms with Crippen LogP contribution < -0.4 is 9.88 Å². The van der Waals surface area contributed by atoms with E-state index < -0.39 is 12.2 Å². The topological polar surface area (TPSA) is 61.3 Å². The first-order valence-corrected chi connectivity index (χ1v) is 7.46. The molecule has 19 heavy (non-hydrogen) atoms. The molecular weight excluding hydrogens is 289 g/mol. The van der Waals surface area contributed by atoms with Gasteiger partial charge in [0, 0.05) is 12.4 Å². The predicted octanol–water partition coefficient (Wildman–Crippen LogP) is -0.0453. The average Bonchev–Trinajstić information content (AvgIpc) is 2.85. The third kappa shape index (κ3) is 7.13. The van der Waals surface area contributed by atoms with Crippen molar-refractivity contribution < 1.29 is 14.8 Å². The number of nitrogens with zero attached hydrogens (tertiary/aromatic N) is 2. The molecule has 1 aromatic rings. The van der Waals surface area contributed by atoms with Gasteiger partial charge in [0.15, 0.2) is 0 Å². The Labute approximate surface area is 123 Å². The van der Waals surface area contributed by atoms with E-state index in [-0.39, 0.29) is 11.8 Å². The first-order chi connectivity index (χ1) is 9.15. The van der Waals surface area contributed by atoms with Crippen LogP contribution >= 0.6 is 23.2 Å². The van der Waals surface area contributed by atoms with Crippen LogP contribution in [0.4, 0.5) is 0 Å². The molecule has 0 spiro atoms. The van der Waals surface area contributed by atoms with Crippen LogP contribution in [0.1, 0.15) is 6.42 Å². The number of hydrogen-bond acceptors (Lipinski definition) is 3. The highest BCUT2D eigenvalue weighted by molar-refractivity contribution is 6.18. The zero-order valence-electron chi connectivity index (χ0n) is 10.9. The van der Waals surface area contributed by atoms with Gasteiger partial charge in [-0.25, -0.2) is 9.13 Å². The Morgan fingerprint density at radius 3 is 2.63 bits per heavy atom. The Morgan fingerprint density at radius 2 is 1.95 bits per heavy atom. The Kier molecular flexibility index (Phi) is 8.41. The second kappa shape index (κ2) is 9.55. The molecule has 1 aromatic heterocycles. The second-order valence-corrected chi connectivity index (χ2v) is 5.14. The van der Waals surface area contributed by atoms with Crippen molar-refractivity contribution in [2.45, 2.75) is 31.7 Å². The Morgan fingerprint density at radius 1 is 1.21 bits per heavy atom. The number of alkyl halides is 2. The van der Waals surface area contributed by atoms with Gasteiger partial charge >= 0.3 is 0 Å². The number of aryl methyl sites for hydroxylation is 1. The zero-order valence-corrected chi connectivity index (χ0v) is 12.4. The van der Waals surface area contributed by atoms with Gasteiger partial charge in [-0.2, -0.15) is 0 Å². The van der Waals surface area contributed by atoms with Gasteiger partial charge in [0.2, 0.25) is 6.33 Å². The summed E-state index contributed by atoms with van der Waals surface area (Å²) in [7, 11) is 0. The van der Waals surface area contributed by atoms with Gasteiger partial charge in [-0.15, -0.1) is 23.2 Å². The van der Waals surface area contributed by atoms with Crippen LogP contribution in [-0.4, -0.2) is 51.8 Å². The quantitative estimate of drug-likeness (QED) is 0.323. The fourth-order valence-electron chi connectivity index (χ4n) is 1.68. The number of rotatable bonds is 10. The van der Waals surface area contributed by atoms with E-state index in [0.29, 0.717) is 13.1 Å². The minimum atomic E-state index is -0.513. The number of nitrogens with one attached hydrogen (secondary N) is 1. The van der Waals surface area contributed by atoms with Gasteiger partial charge in [0.25, 0.3) is 0 Å². The Hall–Kier alpha value is -0.330. The van der Waals surface area contributed by atoms with Crippen molar-refractivity contribution in [2.24, 2.45) is 0 Å². The average molecular weight is 311 g/mol. The predicted molar refractivity (Wildman–Crippen MR) is 75.6 cm³/mol. The van der Waals surface area contributed by atoms with Crippen molar-refractivity contribution in [3.63, 3.8) is 0 Å². The lowest BCUT2D eigenvalue weighted by Gasteiger charge is -2.07. The van der Waals surface area contributed by atoms with Gasteiger partial charge in [-0.3, -0.25) is 0 Å². The summed E-state index contributed by atoms with van der Waals surface area (Å²) in [6, 6.07) is 0. The monoisotopic (exact) mass is 310 g/mol. The van der Waals surface area contributed by atoms with Gasteiger partial charge in [-0.1, -0.05) is 0 Å². The SMILES string of the molecule is OC(CCl)CNCCCn1cc[n+](CC(O)CCl)c1. The molecular formula is C12H22Cl2N3O2+.